The number of rotatable bonds is 5. The minimum atomic E-state index is -4.41. The average Bonchev–Trinajstić information content (AvgIpc) is 2.47. The Morgan fingerprint density at radius 2 is 1.65 bits per heavy atom. The molecule has 2 aromatic carbocycles. The molecule has 0 aliphatic carbocycles. The number of hydrogen-bond acceptors (Lipinski definition) is 3. The highest BCUT2D eigenvalue weighted by Gasteiger charge is 2.30. The third kappa shape index (κ3) is 4.48. The molecule has 0 heterocycles. The van der Waals surface area contributed by atoms with E-state index < -0.39 is 21.6 Å². The molecule has 0 unspecified atom stereocenters. The maximum Gasteiger partial charge on any atom is 0.416 e. The van der Waals surface area contributed by atoms with Crippen LogP contribution < -0.4 is 4.74 Å². The number of benzene rings is 2. The molecular weight excluding hydrogens is 329 g/mol. The Morgan fingerprint density at radius 1 is 1.00 bits per heavy atom. The molecule has 23 heavy (non-hydrogen) atoms. The second kappa shape index (κ2) is 6.62. The van der Waals surface area contributed by atoms with Gasteiger partial charge in [0.25, 0.3) is 0 Å². The Balaban J connectivity index is 2.21. The number of hydrogen-bond donors (Lipinski definition) is 0. The van der Waals surface area contributed by atoms with Gasteiger partial charge in [0.1, 0.15) is 11.5 Å². The molecule has 0 bridgehead atoms. The van der Waals surface area contributed by atoms with Gasteiger partial charge in [0.15, 0.2) is 9.84 Å². The molecule has 0 aromatic heterocycles. The predicted octanol–water partition coefficient (Wildman–Crippen LogP) is 4.68. The first-order chi connectivity index (χ1) is 10.7. The fourth-order valence-corrected chi connectivity index (χ4v) is 3.32. The van der Waals surface area contributed by atoms with E-state index >= 15 is 0 Å². The average molecular weight is 344 g/mol. The molecule has 0 radical (unpaired) electrons. The molecule has 124 valence electrons. The molecule has 0 fully saturated rings. The largest absolute Gasteiger partial charge is 0.457 e. The van der Waals surface area contributed by atoms with Crippen molar-refractivity contribution in [3.8, 4) is 11.5 Å². The molecule has 0 atom stereocenters. The van der Waals surface area contributed by atoms with Crippen molar-refractivity contribution < 1.29 is 26.3 Å². The van der Waals surface area contributed by atoms with Crippen LogP contribution in [0.4, 0.5) is 13.2 Å². The van der Waals surface area contributed by atoms with Crippen LogP contribution in [-0.4, -0.2) is 14.2 Å². The van der Waals surface area contributed by atoms with Gasteiger partial charge in [0.05, 0.1) is 16.2 Å². The molecule has 0 amide bonds. The van der Waals surface area contributed by atoms with Gasteiger partial charge in [-0.25, -0.2) is 8.42 Å². The van der Waals surface area contributed by atoms with Crippen molar-refractivity contribution in [1.29, 1.82) is 0 Å². The van der Waals surface area contributed by atoms with Crippen LogP contribution in [0, 0.1) is 0 Å². The van der Waals surface area contributed by atoms with Crippen LogP contribution >= 0.6 is 0 Å². The molecule has 7 heteroatoms. The van der Waals surface area contributed by atoms with Crippen LogP contribution in [0.15, 0.2) is 53.4 Å². The molecular formula is C16H15F3O3S. The molecule has 0 spiro atoms. The van der Waals surface area contributed by atoms with Crippen molar-refractivity contribution in [1.82, 2.24) is 0 Å². The second-order valence-electron chi connectivity index (χ2n) is 4.92. The van der Waals surface area contributed by atoms with Gasteiger partial charge in [-0.3, -0.25) is 0 Å². The first-order valence-corrected chi connectivity index (χ1v) is 8.55. The molecule has 3 nitrogen and oxygen atoms in total. The zero-order valence-corrected chi connectivity index (χ0v) is 13.1. The van der Waals surface area contributed by atoms with E-state index in [4.69, 9.17) is 4.74 Å². The summed E-state index contributed by atoms with van der Waals surface area (Å²) < 4.78 is 66.9. The van der Waals surface area contributed by atoms with Gasteiger partial charge in [-0.05, 0) is 48.9 Å². The molecule has 2 aromatic rings. The number of halogens is 3. The van der Waals surface area contributed by atoms with Crippen LogP contribution in [0.5, 0.6) is 11.5 Å². The number of sulfone groups is 1. The topological polar surface area (TPSA) is 43.4 Å². The summed E-state index contributed by atoms with van der Waals surface area (Å²) in [7, 11) is -3.38. The van der Waals surface area contributed by atoms with Crippen molar-refractivity contribution in [2.24, 2.45) is 0 Å². The molecule has 0 N–H and O–H groups in total. The van der Waals surface area contributed by atoms with Crippen molar-refractivity contribution in [2.75, 3.05) is 5.75 Å². The molecule has 0 aliphatic heterocycles. The van der Waals surface area contributed by atoms with E-state index in [1.807, 2.05) is 0 Å². The van der Waals surface area contributed by atoms with Gasteiger partial charge in [0, 0.05) is 0 Å². The highest BCUT2D eigenvalue weighted by Crippen LogP contribution is 2.31. The summed E-state index contributed by atoms with van der Waals surface area (Å²) in [4.78, 5) is 0.128. The normalized spacial score (nSPS) is 12.2. The standard InChI is InChI=1S/C16H15F3O3S/c1-2-10-23(20,21)15-5-3-4-14(11-15)22-13-8-6-12(7-9-13)16(17,18)19/h3-9,11H,2,10H2,1H3. The van der Waals surface area contributed by atoms with E-state index in [2.05, 4.69) is 0 Å². The van der Waals surface area contributed by atoms with Crippen LogP contribution in [0.3, 0.4) is 0 Å². The highest BCUT2D eigenvalue weighted by molar-refractivity contribution is 7.91. The molecule has 2 rings (SSSR count). The summed E-state index contributed by atoms with van der Waals surface area (Å²) >= 11 is 0. The van der Waals surface area contributed by atoms with Crippen molar-refractivity contribution in [3.05, 3.63) is 54.1 Å². The minimum Gasteiger partial charge on any atom is -0.457 e. The lowest BCUT2D eigenvalue weighted by Crippen LogP contribution is -2.05. The van der Waals surface area contributed by atoms with Crippen LogP contribution in [0.1, 0.15) is 18.9 Å². The lowest BCUT2D eigenvalue weighted by atomic mass is 10.2. The van der Waals surface area contributed by atoms with Gasteiger partial charge in [-0.2, -0.15) is 13.2 Å². The summed E-state index contributed by atoms with van der Waals surface area (Å²) in [5.41, 5.74) is -0.774. The van der Waals surface area contributed by atoms with Crippen LogP contribution in [0.25, 0.3) is 0 Å². The van der Waals surface area contributed by atoms with Gasteiger partial charge >= 0.3 is 6.18 Å². The van der Waals surface area contributed by atoms with E-state index in [0.29, 0.717) is 6.42 Å². The molecule has 0 aliphatic rings. The zero-order chi connectivity index (χ0) is 17.1. The Bertz CT molecular complexity index is 766. The summed E-state index contributed by atoms with van der Waals surface area (Å²) in [6.45, 7) is 1.76. The van der Waals surface area contributed by atoms with E-state index in [-0.39, 0.29) is 22.1 Å². The van der Waals surface area contributed by atoms with Gasteiger partial charge in [-0.15, -0.1) is 0 Å². The summed E-state index contributed by atoms with van der Waals surface area (Å²) in [6, 6.07) is 10.1. The summed E-state index contributed by atoms with van der Waals surface area (Å²) in [6.07, 6.45) is -3.92. The smallest absolute Gasteiger partial charge is 0.416 e. The van der Waals surface area contributed by atoms with Gasteiger partial charge in [0.2, 0.25) is 0 Å². The zero-order valence-electron chi connectivity index (χ0n) is 12.3. The van der Waals surface area contributed by atoms with E-state index in [9.17, 15) is 21.6 Å². The fourth-order valence-electron chi connectivity index (χ4n) is 1.97. The Hall–Kier alpha value is -2.02. The number of ether oxygens (including phenoxy) is 1. The van der Waals surface area contributed by atoms with E-state index in [1.54, 1.807) is 13.0 Å². The fraction of sp³-hybridized carbons (Fsp3) is 0.250. The van der Waals surface area contributed by atoms with Gasteiger partial charge in [-0.1, -0.05) is 13.0 Å². The Labute approximate surface area is 132 Å². The van der Waals surface area contributed by atoms with Crippen molar-refractivity contribution >= 4 is 9.84 Å². The molecule has 0 saturated heterocycles. The maximum atomic E-state index is 12.5. The predicted molar refractivity (Wildman–Crippen MR) is 80.3 cm³/mol. The third-order valence-electron chi connectivity index (χ3n) is 3.05. The van der Waals surface area contributed by atoms with E-state index in [0.717, 1.165) is 12.1 Å². The van der Waals surface area contributed by atoms with Crippen molar-refractivity contribution in [2.45, 2.75) is 24.4 Å². The summed E-state index contributed by atoms with van der Waals surface area (Å²) in [5, 5.41) is 0. The van der Waals surface area contributed by atoms with Crippen LogP contribution in [-0.2, 0) is 16.0 Å². The maximum absolute atomic E-state index is 12.5. The number of alkyl halides is 3. The van der Waals surface area contributed by atoms with Crippen molar-refractivity contribution in [3.63, 3.8) is 0 Å². The Morgan fingerprint density at radius 3 is 2.22 bits per heavy atom. The quantitative estimate of drug-likeness (QED) is 0.791. The van der Waals surface area contributed by atoms with Gasteiger partial charge < -0.3 is 4.74 Å². The first kappa shape index (κ1) is 17.3. The monoisotopic (exact) mass is 344 g/mol. The third-order valence-corrected chi connectivity index (χ3v) is 4.97. The first-order valence-electron chi connectivity index (χ1n) is 6.90. The SMILES string of the molecule is CCCS(=O)(=O)c1cccc(Oc2ccc(C(F)(F)F)cc2)c1. The lowest BCUT2D eigenvalue weighted by Gasteiger charge is -2.10. The lowest BCUT2D eigenvalue weighted by molar-refractivity contribution is -0.137. The molecule has 0 saturated carbocycles. The second-order valence-corrected chi connectivity index (χ2v) is 7.03. The Kier molecular flexibility index (Phi) is 4.99. The highest BCUT2D eigenvalue weighted by atomic mass is 32.2. The summed E-state index contributed by atoms with van der Waals surface area (Å²) in [5.74, 6) is 0.474. The van der Waals surface area contributed by atoms with E-state index in [1.165, 1.54) is 30.3 Å². The minimum absolute atomic E-state index is 0.0245. The van der Waals surface area contributed by atoms with Crippen LogP contribution in [0.2, 0.25) is 0 Å².